The highest BCUT2D eigenvalue weighted by atomic mass is 32.2. The van der Waals surface area contributed by atoms with Crippen molar-refractivity contribution >= 4 is 21.6 Å². The molecule has 0 saturated carbocycles. The van der Waals surface area contributed by atoms with Crippen LogP contribution >= 0.6 is 0 Å². The van der Waals surface area contributed by atoms with E-state index < -0.39 is 20.7 Å². The molecule has 0 radical (unpaired) electrons. The summed E-state index contributed by atoms with van der Waals surface area (Å²) >= 11 is 0. The zero-order chi connectivity index (χ0) is 14.5. The van der Waals surface area contributed by atoms with Gasteiger partial charge in [0.1, 0.15) is 10.7 Å². The molecule has 0 bridgehead atoms. The van der Waals surface area contributed by atoms with Gasteiger partial charge in [-0.05, 0) is 24.6 Å². The average molecular weight is 288 g/mol. The third kappa shape index (κ3) is 4.96. The maximum Gasteiger partial charge on any atom is 0.240 e. The second kappa shape index (κ2) is 6.63. The van der Waals surface area contributed by atoms with E-state index >= 15 is 0 Å². The van der Waals surface area contributed by atoms with Crippen molar-refractivity contribution in [2.24, 2.45) is 5.14 Å². The van der Waals surface area contributed by atoms with Gasteiger partial charge in [0, 0.05) is 12.1 Å². The van der Waals surface area contributed by atoms with E-state index in [0.717, 1.165) is 31.4 Å². The summed E-state index contributed by atoms with van der Waals surface area (Å²) < 4.78 is 35.5. The van der Waals surface area contributed by atoms with Gasteiger partial charge in [0.2, 0.25) is 15.9 Å². The molecule has 1 aromatic carbocycles. The maximum absolute atomic E-state index is 13.5. The molecule has 0 fully saturated rings. The summed E-state index contributed by atoms with van der Waals surface area (Å²) in [5.41, 5.74) is 0.214. The summed E-state index contributed by atoms with van der Waals surface area (Å²) in [6.07, 6.45) is 3.07. The van der Waals surface area contributed by atoms with Crippen LogP contribution in [0.4, 0.5) is 10.1 Å². The smallest absolute Gasteiger partial charge is 0.240 e. The lowest BCUT2D eigenvalue weighted by molar-refractivity contribution is -0.116. The van der Waals surface area contributed by atoms with Gasteiger partial charge in [-0.3, -0.25) is 4.79 Å². The lowest BCUT2D eigenvalue weighted by atomic mass is 10.2. The quantitative estimate of drug-likeness (QED) is 0.784. The molecule has 0 spiro atoms. The van der Waals surface area contributed by atoms with E-state index in [2.05, 4.69) is 5.32 Å². The standard InChI is InChI=1S/C12H17FN2O3S/c1-2-3-4-5-12(16)15-9-6-7-11(10(13)8-9)19(14,17)18/h6-8H,2-5H2,1H3,(H,15,16)(H2,14,17,18). The Kier molecular flexibility index (Phi) is 5.44. The molecule has 7 heteroatoms. The molecule has 3 N–H and O–H groups in total. The predicted octanol–water partition coefficient (Wildman–Crippen LogP) is 1.99. The number of carbonyl (C=O) groups excluding carboxylic acids is 1. The summed E-state index contributed by atoms with van der Waals surface area (Å²) in [6.45, 7) is 2.03. The van der Waals surface area contributed by atoms with Gasteiger partial charge in [-0.2, -0.15) is 0 Å². The minimum absolute atomic E-state index is 0.214. The number of sulfonamides is 1. The maximum atomic E-state index is 13.5. The topological polar surface area (TPSA) is 89.3 Å². The Hall–Kier alpha value is -1.47. The zero-order valence-electron chi connectivity index (χ0n) is 10.6. The van der Waals surface area contributed by atoms with E-state index in [-0.39, 0.29) is 11.6 Å². The number of nitrogens with one attached hydrogen (secondary N) is 1. The summed E-state index contributed by atoms with van der Waals surface area (Å²) in [4.78, 5) is 10.9. The third-order valence-corrected chi connectivity index (χ3v) is 3.47. The lowest BCUT2D eigenvalue weighted by Crippen LogP contribution is -2.15. The Morgan fingerprint density at radius 2 is 2.05 bits per heavy atom. The Bertz CT molecular complexity index is 558. The number of hydrogen-bond acceptors (Lipinski definition) is 3. The van der Waals surface area contributed by atoms with Crippen LogP contribution in [0.1, 0.15) is 32.6 Å². The molecule has 0 atom stereocenters. The zero-order valence-corrected chi connectivity index (χ0v) is 11.5. The Labute approximate surface area is 112 Å². The Morgan fingerprint density at radius 3 is 2.58 bits per heavy atom. The monoisotopic (exact) mass is 288 g/mol. The first-order chi connectivity index (χ1) is 8.84. The molecule has 1 amide bonds. The molecular weight excluding hydrogens is 271 g/mol. The Morgan fingerprint density at radius 1 is 1.37 bits per heavy atom. The molecule has 0 aliphatic rings. The largest absolute Gasteiger partial charge is 0.326 e. The highest BCUT2D eigenvalue weighted by Crippen LogP contribution is 2.18. The van der Waals surface area contributed by atoms with Crippen molar-refractivity contribution < 1.29 is 17.6 Å². The van der Waals surface area contributed by atoms with Crippen LogP contribution in [0.2, 0.25) is 0 Å². The summed E-state index contributed by atoms with van der Waals surface area (Å²) in [7, 11) is -4.08. The first kappa shape index (κ1) is 15.6. The van der Waals surface area contributed by atoms with Crippen LogP contribution < -0.4 is 10.5 Å². The number of nitrogens with two attached hydrogens (primary N) is 1. The first-order valence-electron chi connectivity index (χ1n) is 5.96. The predicted molar refractivity (Wildman–Crippen MR) is 70.5 cm³/mol. The number of benzene rings is 1. The second-order valence-corrected chi connectivity index (χ2v) is 5.73. The third-order valence-electron chi connectivity index (χ3n) is 2.53. The van der Waals surface area contributed by atoms with Crippen molar-refractivity contribution in [2.75, 3.05) is 5.32 Å². The normalized spacial score (nSPS) is 11.3. The SMILES string of the molecule is CCCCCC(=O)Nc1ccc(S(N)(=O)=O)c(F)c1. The summed E-state index contributed by atoms with van der Waals surface area (Å²) in [6, 6.07) is 3.28. The first-order valence-corrected chi connectivity index (χ1v) is 7.51. The van der Waals surface area contributed by atoms with Gasteiger partial charge >= 0.3 is 0 Å². The van der Waals surface area contributed by atoms with Crippen molar-refractivity contribution in [2.45, 2.75) is 37.5 Å². The molecule has 1 aromatic rings. The van der Waals surface area contributed by atoms with E-state index in [0.29, 0.717) is 6.42 Å². The fourth-order valence-electron chi connectivity index (χ4n) is 1.57. The van der Waals surface area contributed by atoms with Gasteiger partial charge < -0.3 is 5.32 Å². The molecule has 0 aliphatic carbocycles. The Balaban J connectivity index is 2.72. The van der Waals surface area contributed by atoms with Gasteiger partial charge in [0.25, 0.3) is 0 Å². The van der Waals surface area contributed by atoms with E-state index in [1.807, 2.05) is 6.92 Å². The number of halogens is 1. The van der Waals surface area contributed by atoms with Crippen LogP contribution in [0.5, 0.6) is 0 Å². The number of anilines is 1. The number of unbranched alkanes of at least 4 members (excludes halogenated alkanes) is 2. The molecule has 0 aromatic heterocycles. The van der Waals surface area contributed by atoms with Crippen LogP contribution in [-0.2, 0) is 14.8 Å². The molecule has 5 nitrogen and oxygen atoms in total. The van der Waals surface area contributed by atoms with Gasteiger partial charge in [-0.25, -0.2) is 17.9 Å². The number of hydrogen-bond donors (Lipinski definition) is 2. The molecule has 19 heavy (non-hydrogen) atoms. The van der Waals surface area contributed by atoms with Crippen molar-refractivity contribution in [1.82, 2.24) is 0 Å². The fourth-order valence-corrected chi connectivity index (χ4v) is 2.16. The molecule has 0 unspecified atom stereocenters. The number of amides is 1. The highest BCUT2D eigenvalue weighted by Gasteiger charge is 2.14. The van der Waals surface area contributed by atoms with Crippen LogP contribution in [0.15, 0.2) is 23.1 Å². The van der Waals surface area contributed by atoms with Crippen LogP contribution in [0.3, 0.4) is 0 Å². The lowest BCUT2D eigenvalue weighted by Gasteiger charge is -2.07. The minimum atomic E-state index is -4.08. The fraction of sp³-hybridized carbons (Fsp3) is 0.417. The van der Waals surface area contributed by atoms with Crippen LogP contribution in [0, 0.1) is 5.82 Å². The van der Waals surface area contributed by atoms with E-state index in [1.165, 1.54) is 6.07 Å². The summed E-state index contributed by atoms with van der Waals surface area (Å²) in [5.74, 6) is -1.20. The number of primary sulfonamides is 1. The highest BCUT2D eigenvalue weighted by molar-refractivity contribution is 7.89. The average Bonchev–Trinajstić information content (AvgIpc) is 2.27. The number of carbonyl (C=O) groups is 1. The molecule has 106 valence electrons. The van der Waals surface area contributed by atoms with Crippen LogP contribution in [-0.4, -0.2) is 14.3 Å². The number of rotatable bonds is 6. The second-order valence-electron chi connectivity index (χ2n) is 4.20. The van der Waals surface area contributed by atoms with Crippen LogP contribution in [0.25, 0.3) is 0 Å². The van der Waals surface area contributed by atoms with Crippen molar-refractivity contribution in [1.29, 1.82) is 0 Å². The van der Waals surface area contributed by atoms with Crippen molar-refractivity contribution in [3.05, 3.63) is 24.0 Å². The van der Waals surface area contributed by atoms with E-state index in [9.17, 15) is 17.6 Å². The molecular formula is C12H17FN2O3S. The molecule has 0 heterocycles. The molecule has 0 aliphatic heterocycles. The van der Waals surface area contributed by atoms with E-state index in [4.69, 9.17) is 5.14 Å². The van der Waals surface area contributed by atoms with Crippen molar-refractivity contribution in [3.63, 3.8) is 0 Å². The van der Waals surface area contributed by atoms with Gasteiger partial charge in [-0.15, -0.1) is 0 Å². The summed E-state index contributed by atoms with van der Waals surface area (Å²) in [5, 5.41) is 7.34. The van der Waals surface area contributed by atoms with Gasteiger partial charge in [0.15, 0.2) is 0 Å². The minimum Gasteiger partial charge on any atom is -0.326 e. The molecule has 0 saturated heterocycles. The van der Waals surface area contributed by atoms with Gasteiger partial charge in [0.05, 0.1) is 0 Å². The van der Waals surface area contributed by atoms with Gasteiger partial charge in [-0.1, -0.05) is 19.8 Å². The van der Waals surface area contributed by atoms with E-state index in [1.54, 1.807) is 0 Å². The molecule has 1 rings (SSSR count). The van der Waals surface area contributed by atoms with Crippen molar-refractivity contribution in [3.8, 4) is 0 Å².